The van der Waals surface area contributed by atoms with E-state index in [2.05, 4.69) is 0 Å². The highest BCUT2D eigenvalue weighted by Crippen LogP contribution is 2.36. The van der Waals surface area contributed by atoms with Crippen molar-refractivity contribution in [1.29, 1.82) is 0 Å². The lowest BCUT2D eigenvalue weighted by Gasteiger charge is -2.10. The molecule has 0 radical (unpaired) electrons. The molecule has 5 rings (SSSR count). The number of hydrogen-bond acceptors (Lipinski definition) is 2. The van der Waals surface area contributed by atoms with E-state index in [1.807, 2.05) is 46.3 Å². The van der Waals surface area contributed by atoms with Gasteiger partial charge in [0, 0.05) is 26.8 Å². The smallest absolute Gasteiger partial charge is 0.249 e. The molecule has 3 aromatic carbocycles. The lowest BCUT2D eigenvalue weighted by Crippen LogP contribution is -2.11. The zero-order valence-corrected chi connectivity index (χ0v) is 16.5. The molecule has 0 aliphatic carbocycles. The minimum atomic E-state index is -0.884. The van der Waals surface area contributed by atoms with Crippen LogP contribution in [0.1, 0.15) is 15.9 Å². The Hall–Kier alpha value is -3.51. The fourth-order valence-corrected chi connectivity index (χ4v) is 4.68. The number of halogens is 2. The number of primary amides is 1. The number of nitrogens with two attached hydrogens (primary N) is 1. The Morgan fingerprint density at radius 3 is 2.57 bits per heavy atom. The molecule has 0 unspecified atom stereocenters. The van der Waals surface area contributed by atoms with Gasteiger partial charge in [0.05, 0.1) is 17.6 Å². The van der Waals surface area contributed by atoms with Crippen LogP contribution in [0.3, 0.4) is 0 Å². The van der Waals surface area contributed by atoms with Crippen LogP contribution in [0.2, 0.25) is 0 Å². The van der Waals surface area contributed by atoms with Gasteiger partial charge in [0.1, 0.15) is 0 Å². The van der Waals surface area contributed by atoms with Crippen molar-refractivity contribution < 1.29 is 13.6 Å². The molecule has 6 heteroatoms. The van der Waals surface area contributed by atoms with Crippen molar-refractivity contribution in [3.05, 3.63) is 94.9 Å². The van der Waals surface area contributed by atoms with Crippen LogP contribution in [0, 0.1) is 11.6 Å². The summed E-state index contributed by atoms with van der Waals surface area (Å²) in [5.41, 5.74) is 8.85. The van der Waals surface area contributed by atoms with Crippen molar-refractivity contribution in [2.45, 2.75) is 6.54 Å². The Labute approximate surface area is 175 Å². The van der Waals surface area contributed by atoms with Crippen molar-refractivity contribution >= 4 is 39.0 Å². The lowest BCUT2D eigenvalue weighted by atomic mass is 10.0. The Morgan fingerprint density at radius 1 is 0.967 bits per heavy atom. The number of benzene rings is 3. The second kappa shape index (κ2) is 7.07. The minimum Gasteiger partial charge on any atom is -0.366 e. The van der Waals surface area contributed by atoms with E-state index in [4.69, 9.17) is 5.73 Å². The molecule has 1 amide bonds. The molecule has 2 aromatic heterocycles. The summed E-state index contributed by atoms with van der Waals surface area (Å²) in [5.74, 6) is -2.28. The Bertz CT molecular complexity index is 1420. The molecular formula is C24H16F2N2OS. The molecule has 0 fully saturated rings. The number of fused-ring (bicyclic) bond motifs is 3. The lowest BCUT2D eigenvalue weighted by molar-refractivity contribution is 0.100. The second-order valence-electron chi connectivity index (χ2n) is 7.07. The van der Waals surface area contributed by atoms with Crippen molar-refractivity contribution in [3.63, 3.8) is 0 Å². The molecule has 3 nitrogen and oxygen atoms in total. The maximum Gasteiger partial charge on any atom is 0.249 e. The van der Waals surface area contributed by atoms with Crippen LogP contribution < -0.4 is 5.73 Å². The first-order valence-electron chi connectivity index (χ1n) is 9.36. The second-order valence-corrected chi connectivity index (χ2v) is 8.02. The van der Waals surface area contributed by atoms with Crippen LogP contribution in [0.4, 0.5) is 8.78 Å². The average molecular weight is 418 g/mol. The van der Waals surface area contributed by atoms with Gasteiger partial charge in [-0.15, -0.1) is 11.3 Å². The van der Waals surface area contributed by atoms with Crippen LogP contribution in [-0.2, 0) is 6.54 Å². The normalized spacial score (nSPS) is 11.4. The predicted octanol–water partition coefficient (Wildman–Crippen LogP) is 5.95. The number of aromatic nitrogens is 1. The Morgan fingerprint density at radius 2 is 1.80 bits per heavy atom. The summed E-state index contributed by atoms with van der Waals surface area (Å²) in [7, 11) is 0. The van der Waals surface area contributed by atoms with Gasteiger partial charge in [-0.25, -0.2) is 8.78 Å². The van der Waals surface area contributed by atoms with Crippen molar-refractivity contribution in [2.24, 2.45) is 5.73 Å². The number of hydrogen-bond donors (Lipinski definition) is 1. The average Bonchev–Trinajstić information content (AvgIpc) is 3.38. The first-order valence-corrected chi connectivity index (χ1v) is 10.2. The van der Waals surface area contributed by atoms with Crippen molar-refractivity contribution in [2.75, 3.05) is 0 Å². The maximum absolute atomic E-state index is 14.4. The third-order valence-electron chi connectivity index (χ3n) is 5.32. The Balaban J connectivity index is 1.83. The molecule has 30 heavy (non-hydrogen) atoms. The molecule has 2 N–H and O–H groups in total. The summed E-state index contributed by atoms with van der Waals surface area (Å²) >= 11 is 1.62. The van der Waals surface area contributed by atoms with E-state index >= 15 is 0 Å². The van der Waals surface area contributed by atoms with E-state index in [1.165, 1.54) is 6.07 Å². The first kappa shape index (κ1) is 18.5. The van der Waals surface area contributed by atoms with Crippen LogP contribution in [0.15, 0.2) is 72.1 Å². The van der Waals surface area contributed by atoms with Gasteiger partial charge >= 0.3 is 0 Å². The number of carbonyl (C=O) groups is 1. The zero-order chi connectivity index (χ0) is 20.8. The summed E-state index contributed by atoms with van der Waals surface area (Å²) in [6.45, 7) is 0.125. The van der Waals surface area contributed by atoms with E-state index in [9.17, 15) is 13.6 Å². The van der Waals surface area contributed by atoms with Gasteiger partial charge in [0.25, 0.3) is 0 Å². The maximum atomic E-state index is 14.4. The number of amides is 1. The van der Waals surface area contributed by atoms with Crippen LogP contribution in [0.25, 0.3) is 32.2 Å². The third kappa shape index (κ3) is 2.88. The topological polar surface area (TPSA) is 48.0 Å². The van der Waals surface area contributed by atoms with E-state index in [0.717, 1.165) is 38.3 Å². The number of thiophene rings is 1. The molecule has 0 atom stereocenters. The van der Waals surface area contributed by atoms with Gasteiger partial charge in [0.15, 0.2) is 11.6 Å². The summed E-state index contributed by atoms with van der Waals surface area (Å²) in [6, 6.07) is 19.4. The van der Waals surface area contributed by atoms with Crippen LogP contribution in [0.5, 0.6) is 0 Å². The molecular weight excluding hydrogens is 402 g/mol. The van der Waals surface area contributed by atoms with E-state index in [1.54, 1.807) is 29.5 Å². The third-order valence-corrected chi connectivity index (χ3v) is 6.24. The number of rotatable bonds is 4. The SMILES string of the molecule is NC(=O)c1cccc2c1c1ccc(-c3cccs3)cc1n2Cc1cccc(F)c1F. The van der Waals surface area contributed by atoms with Gasteiger partial charge < -0.3 is 10.3 Å². The molecule has 0 spiro atoms. The van der Waals surface area contributed by atoms with Gasteiger partial charge in [0.2, 0.25) is 5.91 Å². The molecule has 0 saturated heterocycles. The van der Waals surface area contributed by atoms with Gasteiger partial charge in [-0.1, -0.05) is 36.4 Å². The predicted molar refractivity (Wildman–Crippen MR) is 117 cm³/mol. The number of carbonyl (C=O) groups excluding carboxylic acids is 1. The zero-order valence-electron chi connectivity index (χ0n) is 15.7. The van der Waals surface area contributed by atoms with Crippen molar-refractivity contribution in [1.82, 2.24) is 4.57 Å². The summed E-state index contributed by atoms with van der Waals surface area (Å²) < 4.78 is 30.2. The minimum absolute atomic E-state index is 0.125. The van der Waals surface area contributed by atoms with Crippen LogP contribution in [-0.4, -0.2) is 10.5 Å². The highest BCUT2D eigenvalue weighted by molar-refractivity contribution is 7.13. The summed E-state index contributed by atoms with van der Waals surface area (Å²) in [4.78, 5) is 13.2. The van der Waals surface area contributed by atoms with E-state index < -0.39 is 17.5 Å². The molecule has 0 aliphatic heterocycles. The highest BCUT2D eigenvalue weighted by Gasteiger charge is 2.18. The van der Waals surface area contributed by atoms with Gasteiger partial charge in [-0.2, -0.15) is 0 Å². The molecule has 0 saturated carbocycles. The van der Waals surface area contributed by atoms with Crippen molar-refractivity contribution in [3.8, 4) is 10.4 Å². The summed E-state index contributed by atoms with van der Waals surface area (Å²) in [5, 5.41) is 3.56. The summed E-state index contributed by atoms with van der Waals surface area (Å²) in [6.07, 6.45) is 0. The van der Waals surface area contributed by atoms with Gasteiger partial charge in [-0.05, 0) is 41.3 Å². The Kier molecular flexibility index (Phi) is 4.37. The molecule has 5 aromatic rings. The van der Waals surface area contributed by atoms with Crippen LogP contribution >= 0.6 is 11.3 Å². The number of nitrogens with zero attached hydrogens (tertiary/aromatic N) is 1. The van der Waals surface area contributed by atoms with E-state index in [-0.39, 0.29) is 12.1 Å². The highest BCUT2D eigenvalue weighted by atomic mass is 32.1. The molecule has 2 heterocycles. The van der Waals surface area contributed by atoms with E-state index in [0.29, 0.717) is 5.56 Å². The van der Waals surface area contributed by atoms with Gasteiger partial charge in [-0.3, -0.25) is 4.79 Å². The first-order chi connectivity index (χ1) is 14.5. The fourth-order valence-electron chi connectivity index (χ4n) is 3.96. The molecule has 0 aliphatic rings. The molecule has 148 valence electrons. The standard InChI is InChI=1S/C24H16F2N2OS/c25-18-6-1-4-15(23(18)26)13-28-19-7-2-5-17(24(27)29)22(19)16-10-9-14(12-20(16)28)21-8-3-11-30-21/h1-12H,13H2,(H2,27,29). The molecule has 0 bridgehead atoms. The largest absolute Gasteiger partial charge is 0.366 e. The monoisotopic (exact) mass is 418 g/mol. The quantitative estimate of drug-likeness (QED) is 0.385. The fraction of sp³-hybridized carbons (Fsp3) is 0.0417.